The second-order valence-electron chi connectivity index (χ2n) is 4.71. The molecule has 0 bridgehead atoms. The van der Waals surface area contributed by atoms with E-state index >= 15 is 0 Å². The van der Waals surface area contributed by atoms with Crippen molar-refractivity contribution < 1.29 is 5.79 Å². The van der Waals surface area contributed by atoms with E-state index in [9.17, 15) is 0 Å². The molecule has 0 radical (unpaired) electrons. The van der Waals surface area contributed by atoms with Crippen LogP contribution in [0, 0.1) is 6.92 Å². The first-order valence-electron chi connectivity index (χ1n) is 5.40. The summed E-state index contributed by atoms with van der Waals surface area (Å²) in [7, 11) is 0. The number of furan rings is 1. The lowest BCUT2D eigenvalue weighted by atomic mass is 9.85. The van der Waals surface area contributed by atoms with Crippen LogP contribution in [-0.4, -0.2) is 0 Å². The SMILES string of the molecule is [2H]c1c(C)oc2cccc(C(C)(C)C)c12. The Kier molecular flexibility index (Phi) is 1.66. The normalized spacial score (nSPS) is 13.3. The van der Waals surface area contributed by atoms with E-state index < -0.39 is 0 Å². The molecule has 1 aromatic carbocycles. The summed E-state index contributed by atoms with van der Waals surface area (Å²) in [6.45, 7) is 8.31. The zero-order chi connectivity index (χ0) is 11.2. The Labute approximate surface area is 86.1 Å². The van der Waals surface area contributed by atoms with Crippen LogP contribution in [0.1, 0.15) is 33.5 Å². The van der Waals surface area contributed by atoms with Crippen molar-refractivity contribution in [2.75, 3.05) is 0 Å². The lowest BCUT2D eigenvalue weighted by Gasteiger charge is -2.19. The molecule has 0 atom stereocenters. The molecular weight excluding hydrogens is 172 g/mol. The lowest BCUT2D eigenvalue weighted by molar-refractivity contribution is 0.575. The van der Waals surface area contributed by atoms with Crippen LogP contribution in [0.2, 0.25) is 0 Å². The predicted octanol–water partition coefficient (Wildman–Crippen LogP) is 4.04. The van der Waals surface area contributed by atoms with Crippen LogP contribution >= 0.6 is 0 Å². The molecule has 14 heavy (non-hydrogen) atoms. The van der Waals surface area contributed by atoms with Crippen molar-refractivity contribution in [2.24, 2.45) is 0 Å². The molecule has 0 amide bonds. The monoisotopic (exact) mass is 189 g/mol. The highest BCUT2D eigenvalue weighted by Gasteiger charge is 2.17. The Balaban J connectivity index is 2.86. The molecule has 0 N–H and O–H groups in total. The number of rotatable bonds is 0. The summed E-state index contributed by atoms with van der Waals surface area (Å²) >= 11 is 0. The van der Waals surface area contributed by atoms with Crippen molar-refractivity contribution in [3.8, 4) is 0 Å². The van der Waals surface area contributed by atoms with Crippen molar-refractivity contribution in [3.05, 3.63) is 35.6 Å². The maximum atomic E-state index is 8.00. The summed E-state index contributed by atoms with van der Waals surface area (Å²) in [6.07, 6.45) is 0. The van der Waals surface area contributed by atoms with E-state index in [2.05, 4.69) is 26.8 Å². The molecule has 2 aromatic rings. The third-order valence-electron chi connectivity index (χ3n) is 2.40. The van der Waals surface area contributed by atoms with Crippen molar-refractivity contribution >= 4 is 11.0 Å². The van der Waals surface area contributed by atoms with Crippen LogP contribution in [0.4, 0.5) is 0 Å². The van der Waals surface area contributed by atoms with Crippen molar-refractivity contribution in [1.82, 2.24) is 0 Å². The summed E-state index contributed by atoms with van der Waals surface area (Å²) in [6, 6.07) is 6.52. The third-order valence-corrected chi connectivity index (χ3v) is 2.40. The molecular formula is C13H16O. The van der Waals surface area contributed by atoms with E-state index in [0.29, 0.717) is 11.8 Å². The fourth-order valence-corrected chi connectivity index (χ4v) is 1.74. The first-order valence-corrected chi connectivity index (χ1v) is 4.90. The van der Waals surface area contributed by atoms with E-state index in [-0.39, 0.29) is 5.41 Å². The molecule has 74 valence electrons. The van der Waals surface area contributed by atoms with Crippen molar-refractivity contribution in [2.45, 2.75) is 33.1 Å². The van der Waals surface area contributed by atoms with Gasteiger partial charge in [-0.2, -0.15) is 0 Å². The van der Waals surface area contributed by atoms with Gasteiger partial charge < -0.3 is 4.42 Å². The maximum absolute atomic E-state index is 8.00. The number of benzene rings is 1. The summed E-state index contributed by atoms with van der Waals surface area (Å²) in [5.74, 6) is 0.696. The van der Waals surface area contributed by atoms with Crippen LogP contribution < -0.4 is 0 Å². The highest BCUT2D eigenvalue weighted by atomic mass is 16.3. The van der Waals surface area contributed by atoms with E-state index in [4.69, 9.17) is 5.79 Å². The Morgan fingerprint density at radius 1 is 1.29 bits per heavy atom. The Hall–Kier alpha value is -1.24. The van der Waals surface area contributed by atoms with Crippen LogP contribution in [-0.2, 0) is 5.41 Å². The van der Waals surface area contributed by atoms with Crippen LogP contribution in [0.15, 0.2) is 28.7 Å². The highest BCUT2D eigenvalue weighted by molar-refractivity contribution is 5.82. The van der Waals surface area contributed by atoms with Crippen LogP contribution in [0.3, 0.4) is 0 Å². The van der Waals surface area contributed by atoms with Crippen LogP contribution in [0.5, 0.6) is 0 Å². The standard InChI is InChI=1S/C13H16O/c1-9-8-10-11(13(2,3)4)6-5-7-12(10)14-9/h5-8H,1-4H3/i8D. The minimum atomic E-state index is 0.0472. The quantitative estimate of drug-likeness (QED) is 0.609. The third kappa shape index (κ3) is 1.43. The number of fused-ring (bicyclic) bond motifs is 1. The van der Waals surface area contributed by atoms with Crippen molar-refractivity contribution in [3.63, 3.8) is 0 Å². The summed E-state index contributed by atoms with van der Waals surface area (Å²) < 4.78 is 13.5. The van der Waals surface area contributed by atoms with Gasteiger partial charge in [-0.15, -0.1) is 0 Å². The molecule has 2 rings (SSSR count). The molecule has 0 aliphatic rings. The number of hydrogen-bond acceptors (Lipinski definition) is 1. The fourth-order valence-electron chi connectivity index (χ4n) is 1.74. The van der Waals surface area contributed by atoms with Gasteiger partial charge in [-0.3, -0.25) is 0 Å². The largest absolute Gasteiger partial charge is 0.461 e. The average Bonchev–Trinajstić information content (AvgIpc) is 2.41. The molecule has 0 saturated heterocycles. The van der Waals surface area contributed by atoms with Gasteiger partial charge in [0.15, 0.2) is 0 Å². The van der Waals surface area contributed by atoms with Gasteiger partial charge in [0.1, 0.15) is 11.3 Å². The first-order chi connectivity index (χ1) is 6.91. The molecule has 0 saturated carbocycles. The molecule has 1 heteroatoms. The lowest BCUT2D eigenvalue weighted by Crippen LogP contribution is -2.10. The molecule has 1 aromatic heterocycles. The summed E-state index contributed by atoms with van der Waals surface area (Å²) in [5, 5.41) is 0.961. The first kappa shape index (κ1) is 8.10. The van der Waals surface area contributed by atoms with Gasteiger partial charge >= 0.3 is 0 Å². The summed E-state index contributed by atoms with van der Waals surface area (Å²) in [4.78, 5) is 0. The second-order valence-corrected chi connectivity index (χ2v) is 4.71. The second kappa shape index (κ2) is 2.88. The Bertz CT molecular complexity index is 503. The Morgan fingerprint density at radius 2 is 2.00 bits per heavy atom. The molecule has 0 fully saturated rings. The van der Waals surface area contributed by atoms with Crippen LogP contribution in [0.25, 0.3) is 11.0 Å². The van der Waals surface area contributed by atoms with Gasteiger partial charge in [0, 0.05) is 5.39 Å². The fraction of sp³-hybridized carbons (Fsp3) is 0.385. The molecule has 0 spiro atoms. The van der Waals surface area contributed by atoms with Gasteiger partial charge in [-0.05, 0) is 30.0 Å². The van der Waals surface area contributed by atoms with E-state index in [0.717, 1.165) is 11.0 Å². The zero-order valence-corrected chi connectivity index (χ0v) is 9.14. The number of hydrogen-bond donors (Lipinski definition) is 0. The highest BCUT2D eigenvalue weighted by Crippen LogP contribution is 2.31. The minimum absolute atomic E-state index is 0.0472. The summed E-state index contributed by atoms with van der Waals surface area (Å²) in [5.41, 5.74) is 2.05. The topological polar surface area (TPSA) is 13.1 Å². The zero-order valence-electron chi connectivity index (χ0n) is 10.1. The molecule has 1 nitrogen and oxygen atoms in total. The van der Waals surface area contributed by atoms with Gasteiger partial charge in [-0.1, -0.05) is 32.9 Å². The Morgan fingerprint density at radius 3 is 2.64 bits per heavy atom. The van der Waals surface area contributed by atoms with Gasteiger partial charge in [0.2, 0.25) is 0 Å². The van der Waals surface area contributed by atoms with E-state index in [1.165, 1.54) is 5.56 Å². The minimum Gasteiger partial charge on any atom is -0.461 e. The van der Waals surface area contributed by atoms with E-state index in [1.807, 2.05) is 19.1 Å². The van der Waals surface area contributed by atoms with Crippen molar-refractivity contribution in [1.29, 1.82) is 0 Å². The molecule has 0 aliphatic carbocycles. The van der Waals surface area contributed by atoms with Gasteiger partial charge in [0.05, 0.1) is 1.37 Å². The average molecular weight is 189 g/mol. The van der Waals surface area contributed by atoms with Gasteiger partial charge in [-0.25, -0.2) is 0 Å². The molecule has 0 unspecified atom stereocenters. The number of aryl methyl sites for hydroxylation is 1. The maximum Gasteiger partial charge on any atom is 0.134 e. The van der Waals surface area contributed by atoms with Gasteiger partial charge in [0.25, 0.3) is 0 Å². The molecule has 0 aliphatic heterocycles. The van der Waals surface area contributed by atoms with E-state index in [1.54, 1.807) is 0 Å². The predicted molar refractivity (Wildman–Crippen MR) is 59.7 cm³/mol. The molecule has 1 heterocycles. The smallest absolute Gasteiger partial charge is 0.134 e.